The molecule has 9 heteroatoms. The molecule has 2 rings (SSSR count). The summed E-state index contributed by atoms with van der Waals surface area (Å²) in [6.07, 6.45) is 0.383. The first-order valence-corrected chi connectivity index (χ1v) is 7.75. The van der Waals surface area contributed by atoms with E-state index in [0.717, 1.165) is 0 Å². The molecule has 2 aromatic rings. The van der Waals surface area contributed by atoms with Crippen molar-refractivity contribution in [3.05, 3.63) is 57.4 Å². The van der Waals surface area contributed by atoms with Crippen LogP contribution in [0.3, 0.4) is 0 Å². The number of aromatic nitrogens is 2. The van der Waals surface area contributed by atoms with Gasteiger partial charge in [0.15, 0.2) is 0 Å². The third-order valence-electron chi connectivity index (χ3n) is 3.85. The third-order valence-corrected chi connectivity index (χ3v) is 3.85. The summed E-state index contributed by atoms with van der Waals surface area (Å²) >= 11 is 0. The van der Waals surface area contributed by atoms with Crippen molar-refractivity contribution in [2.45, 2.75) is 32.5 Å². The lowest BCUT2D eigenvalue weighted by molar-refractivity contribution is -0.384. The predicted octanol–water partition coefficient (Wildman–Crippen LogP) is 0.944. The SMILES string of the molecule is CCn1cc(C(=O)NC(CO)C(O)c2ccc([N+](=O)[O-])cc2)c(C)n1. The average Bonchev–Trinajstić information content (AvgIpc) is 3.00. The number of carbonyl (C=O) groups is 1. The molecule has 2 atom stereocenters. The largest absolute Gasteiger partial charge is 0.394 e. The van der Waals surface area contributed by atoms with Gasteiger partial charge in [0.1, 0.15) is 6.10 Å². The number of rotatable bonds is 7. The van der Waals surface area contributed by atoms with Crippen molar-refractivity contribution in [3.63, 3.8) is 0 Å². The van der Waals surface area contributed by atoms with Crippen molar-refractivity contribution in [2.75, 3.05) is 6.61 Å². The lowest BCUT2D eigenvalue weighted by Gasteiger charge is -2.22. The number of aryl methyl sites for hydroxylation is 2. The molecule has 0 saturated carbocycles. The van der Waals surface area contributed by atoms with E-state index in [0.29, 0.717) is 23.4 Å². The number of nitro groups is 1. The number of nitro benzene ring substituents is 1. The van der Waals surface area contributed by atoms with Crippen molar-refractivity contribution < 1.29 is 19.9 Å². The maximum Gasteiger partial charge on any atom is 0.269 e. The summed E-state index contributed by atoms with van der Waals surface area (Å²) in [5.74, 6) is -0.461. The number of aliphatic hydroxyl groups excluding tert-OH is 2. The van der Waals surface area contributed by atoms with Crippen LogP contribution in [0.4, 0.5) is 5.69 Å². The molecule has 9 nitrogen and oxygen atoms in total. The van der Waals surface area contributed by atoms with Crippen LogP contribution in [-0.4, -0.2) is 43.5 Å². The Morgan fingerprint density at radius 1 is 1.40 bits per heavy atom. The van der Waals surface area contributed by atoms with E-state index in [1.165, 1.54) is 24.3 Å². The predicted molar refractivity (Wildman–Crippen MR) is 89.0 cm³/mol. The minimum absolute atomic E-state index is 0.108. The Bertz CT molecular complexity index is 756. The van der Waals surface area contributed by atoms with E-state index in [1.807, 2.05) is 6.92 Å². The van der Waals surface area contributed by atoms with E-state index in [4.69, 9.17) is 0 Å². The summed E-state index contributed by atoms with van der Waals surface area (Å²) in [5.41, 5.74) is 1.14. The molecular weight excluding hydrogens is 328 g/mol. The molecule has 1 amide bonds. The molecule has 0 saturated heterocycles. The molecule has 0 bridgehead atoms. The molecule has 1 aromatic carbocycles. The van der Waals surface area contributed by atoms with E-state index in [2.05, 4.69) is 10.4 Å². The van der Waals surface area contributed by atoms with E-state index in [-0.39, 0.29) is 5.69 Å². The zero-order chi connectivity index (χ0) is 18.6. The van der Waals surface area contributed by atoms with Crippen LogP contribution in [0.2, 0.25) is 0 Å². The van der Waals surface area contributed by atoms with Crippen LogP contribution in [0, 0.1) is 17.0 Å². The van der Waals surface area contributed by atoms with Gasteiger partial charge in [0.05, 0.1) is 28.8 Å². The number of benzene rings is 1. The Morgan fingerprint density at radius 2 is 2.04 bits per heavy atom. The fourth-order valence-electron chi connectivity index (χ4n) is 2.40. The van der Waals surface area contributed by atoms with Gasteiger partial charge >= 0.3 is 0 Å². The molecule has 0 radical (unpaired) electrons. The zero-order valence-electron chi connectivity index (χ0n) is 13.9. The highest BCUT2D eigenvalue weighted by Gasteiger charge is 2.24. The van der Waals surface area contributed by atoms with E-state index < -0.39 is 29.6 Å². The first kappa shape index (κ1) is 18.6. The smallest absolute Gasteiger partial charge is 0.269 e. The fourth-order valence-corrected chi connectivity index (χ4v) is 2.40. The maximum atomic E-state index is 12.4. The highest BCUT2D eigenvalue weighted by molar-refractivity contribution is 5.95. The van der Waals surface area contributed by atoms with Crippen LogP contribution >= 0.6 is 0 Å². The average molecular weight is 348 g/mol. The van der Waals surface area contributed by atoms with Crippen LogP contribution < -0.4 is 5.32 Å². The molecule has 1 aromatic heterocycles. The van der Waals surface area contributed by atoms with Gasteiger partial charge in [-0.2, -0.15) is 5.10 Å². The topological polar surface area (TPSA) is 131 Å². The summed E-state index contributed by atoms with van der Waals surface area (Å²) in [6, 6.07) is 4.32. The van der Waals surface area contributed by atoms with Crippen molar-refractivity contribution in [1.82, 2.24) is 15.1 Å². The highest BCUT2D eigenvalue weighted by Crippen LogP contribution is 2.21. The van der Waals surface area contributed by atoms with E-state index in [1.54, 1.807) is 17.8 Å². The molecule has 0 aliphatic carbocycles. The maximum absolute atomic E-state index is 12.4. The van der Waals surface area contributed by atoms with Crippen molar-refractivity contribution in [2.24, 2.45) is 0 Å². The summed E-state index contributed by atoms with van der Waals surface area (Å²) in [7, 11) is 0. The summed E-state index contributed by atoms with van der Waals surface area (Å²) in [6.45, 7) is 3.71. The van der Waals surface area contributed by atoms with Crippen LogP contribution in [0.5, 0.6) is 0 Å². The van der Waals surface area contributed by atoms with Crippen LogP contribution in [-0.2, 0) is 6.54 Å². The second kappa shape index (κ2) is 7.86. The summed E-state index contributed by atoms with van der Waals surface area (Å²) in [4.78, 5) is 22.5. The second-order valence-electron chi connectivity index (χ2n) is 5.54. The Kier molecular flexibility index (Phi) is 5.84. The number of hydrogen-bond acceptors (Lipinski definition) is 6. The third kappa shape index (κ3) is 4.20. The molecule has 0 aliphatic rings. The monoisotopic (exact) mass is 348 g/mol. The molecule has 1 heterocycles. The molecule has 134 valence electrons. The number of nitrogens with one attached hydrogen (secondary N) is 1. The second-order valence-corrected chi connectivity index (χ2v) is 5.54. The molecular formula is C16H20N4O5. The number of amides is 1. The number of nitrogens with zero attached hydrogens (tertiary/aromatic N) is 3. The van der Waals surface area contributed by atoms with Gasteiger partial charge in [-0.05, 0) is 31.5 Å². The van der Waals surface area contributed by atoms with Gasteiger partial charge < -0.3 is 15.5 Å². The quantitative estimate of drug-likeness (QED) is 0.504. The molecule has 25 heavy (non-hydrogen) atoms. The van der Waals surface area contributed by atoms with Crippen LogP contribution in [0.1, 0.15) is 34.6 Å². The molecule has 0 spiro atoms. The van der Waals surface area contributed by atoms with Gasteiger partial charge in [0.25, 0.3) is 11.6 Å². The van der Waals surface area contributed by atoms with Crippen molar-refractivity contribution >= 4 is 11.6 Å². The summed E-state index contributed by atoms with van der Waals surface area (Å²) < 4.78 is 1.62. The molecule has 0 fully saturated rings. The van der Waals surface area contributed by atoms with Gasteiger partial charge in [0.2, 0.25) is 0 Å². The molecule has 2 unspecified atom stereocenters. The summed E-state index contributed by atoms with van der Waals surface area (Å²) in [5, 5.41) is 37.3. The van der Waals surface area contributed by atoms with Crippen LogP contribution in [0.25, 0.3) is 0 Å². The number of aliphatic hydroxyl groups is 2. The first-order chi connectivity index (χ1) is 11.9. The number of hydrogen-bond donors (Lipinski definition) is 3. The van der Waals surface area contributed by atoms with Gasteiger partial charge in [-0.3, -0.25) is 19.6 Å². The zero-order valence-corrected chi connectivity index (χ0v) is 13.9. The number of carbonyl (C=O) groups excluding carboxylic acids is 1. The van der Waals surface area contributed by atoms with Gasteiger partial charge in [-0.15, -0.1) is 0 Å². The minimum atomic E-state index is -1.21. The standard InChI is InChI=1S/C16H20N4O5/c1-3-19-8-13(10(2)18-19)16(23)17-14(9-21)15(22)11-4-6-12(7-5-11)20(24)25/h4-8,14-15,21-22H,3,9H2,1-2H3,(H,17,23). The van der Waals surface area contributed by atoms with Gasteiger partial charge in [0, 0.05) is 24.9 Å². The van der Waals surface area contributed by atoms with Gasteiger partial charge in [-0.25, -0.2) is 0 Å². The Hall–Kier alpha value is -2.78. The van der Waals surface area contributed by atoms with Crippen molar-refractivity contribution in [1.29, 1.82) is 0 Å². The Labute approximate surface area is 144 Å². The van der Waals surface area contributed by atoms with Gasteiger partial charge in [-0.1, -0.05) is 0 Å². The Morgan fingerprint density at radius 3 is 2.52 bits per heavy atom. The highest BCUT2D eigenvalue weighted by atomic mass is 16.6. The molecule has 0 aliphatic heterocycles. The normalized spacial score (nSPS) is 13.3. The van der Waals surface area contributed by atoms with E-state index >= 15 is 0 Å². The van der Waals surface area contributed by atoms with E-state index in [9.17, 15) is 25.1 Å². The first-order valence-electron chi connectivity index (χ1n) is 7.75. The van der Waals surface area contributed by atoms with Crippen LogP contribution in [0.15, 0.2) is 30.5 Å². The minimum Gasteiger partial charge on any atom is -0.394 e. The lowest BCUT2D eigenvalue weighted by atomic mass is 10.0. The number of non-ortho nitro benzene ring substituents is 1. The molecule has 3 N–H and O–H groups in total. The Balaban J connectivity index is 2.13. The lowest BCUT2D eigenvalue weighted by Crippen LogP contribution is -2.42. The van der Waals surface area contributed by atoms with Crippen molar-refractivity contribution in [3.8, 4) is 0 Å². The fraction of sp³-hybridized carbons (Fsp3) is 0.375.